The van der Waals surface area contributed by atoms with Crippen molar-refractivity contribution >= 4 is 29.1 Å². The predicted molar refractivity (Wildman–Crippen MR) is 99.8 cm³/mol. The molecule has 0 unspecified atom stereocenters. The molecule has 0 aromatic heterocycles. The van der Waals surface area contributed by atoms with Gasteiger partial charge in [-0.1, -0.05) is 37.8 Å². The smallest absolute Gasteiger partial charge is 0.255 e. The summed E-state index contributed by atoms with van der Waals surface area (Å²) in [5.74, 6) is 0.154. The summed E-state index contributed by atoms with van der Waals surface area (Å²) in [6.45, 7) is 3.49. The van der Waals surface area contributed by atoms with Gasteiger partial charge in [0.05, 0.1) is 11.3 Å². The zero-order valence-electron chi connectivity index (χ0n) is 14.7. The number of unbranched alkanes of at least 4 members (excludes halogenated alkanes) is 3. The van der Waals surface area contributed by atoms with Gasteiger partial charge in [0.25, 0.3) is 5.91 Å². The molecule has 1 spiro atoms. The van der Waals surface area contributed by atoms with Crippen LogP contribution >= 0.6 is 11.6 Å². The van der Waals surface area contributed by atoms with Crippen LogP contribution in [0.4, 0.5) is 5.69 Å². The average Bonchev–Trinajstić information content (AvgIpc) is 2.58. The lowest BCUT2D eigenvalue weighted by atomic mass is 9.92. The second kappa shape index (κ2) is 7.65. The van der Waals surface area contributed by atoms with E-state index < -0.39 is 5.66 Å². The van der Waals surface area contributed by atoms with Crippen molar-refractivity contribution in [2.75, 3.05) is 18.4 Å². The predicted octanol–water partition coefficient (Wildman–Crippen LogP) is 3.78. The molecule has 1 saturated heterocycles. The minimum Gasteiger partial charge on any atom is -0.362 e. The van der Waals surface area contributed by atoms with Gasteiger partial charge in [-0.15, -0.1) is 0 Å². The molecule has 3 rings (SSSR count). The summed E-state index contributed by atoms with van der Waals surface area (Å²) in [6, 6.07) is 5.25. The van der Waals surface area contributed by atoms with Gasteiger partial charge in [-0.3, -0.25) is 9.59 Å². The Kier molecular flexibility index (Phi) is 5.52. The Morgan fingerprint density at radius 3 is 2.68 bits per heavy atom. The van der Waals surface area contributed by atoms with Gasteiger partial charge in [-0.25, -0.2) is 0 Å². The molecule has 25 heavy (non-hydrogen) atoms. The Morgan fingerprint density at radius 2 is 1.96 bits per heavy atom. The number of rotatable bonds is 5. The summed E-state index contributed by atoms with van der Waals surface area (Å²) < 4.78 is 0. The summed E-state index contributed by atoms with van der Waals surface area (Å²) in [6.07, 6.45) is 6.48. The van der Waals surface area contributed by atoms with E-state index >= 15 is 0 Å². The van der Waals surface area contributed by atoms with Crippen LogP contribution in [0.3, 0.4) is 0 Å². The number of carbonyl (C=O) groups is 2. The molecular weight excluding hydrogens is 338 g/mol. The Bertz CT molecular complexity index is 654. The second-order valence-corrected chi connectivity index (χ2v) is 7.48. The van der Waals surface area contributed by atoms with E-state index in [1.165, 1.54) is 12.8 Å². The first-order chi connectivity index (χ1) is 12.0. The molecule has 2 aliphatic rings. The van der Waals surface area contributed by atoms with Crippen molar-refractivity contribution in [3.63, 3.8) is 0 Å². The van der Waals surface area contributed by atoms with Crippen LogP contribution in [0.5, 0.6) is 0 Å². The molecule has 0 saturated carbocycles. The second-order valence-electron chi connectivity index (χ2n) is 7.04. The van der Waals surface area contributed by atoms with Crippen LogP contribution in [0.15, 0.2) is 18.2 Å². The molecule has 2 amide bonds. The van der Waals surface area contributed by atoms with Gasteiger partial charge < -0.3 is 15.5 Å². The maximum Gasteiger partial charge on any atom is 0.255 e. The molecular formula is C19H26ClN3O2. The van der Waals surface area contributed by atoms with Gasteiger partial charge in [0.2, 0.25) is 5.91 Å². The highest BCUT2D eigenvalue weighted by Gasteiger charge is 2.40. The third kappa shape index (κ3) is 4.09. The summed E-state index contributed by atoms with van der Waals surface area (Å²) in [5, 5.41) is 7.15. The van der Waals surface area contributed by atoms with Crippen LogP contribution in [-0.2, 0) is 4.79 Å². The lowest BCUT2D eigenvalue weighted by Gasteiger charge is -2.46. The zero-order valence-corrected chi connectivity index (χ0v) is 15.5. The number of likely N-dealkylation sites (tertiary alicyclic amines) is 1. The van der Waals surface area contributed by atoms with Crippen molar-refractivity contribution in [3.8, 4) is 0 Å². The summed E-state index contributed by atoms with van der Waals surface area (Å²) >= 11 is 6.06. The Labute approximate surface area is 154 Å². The van der Waals surface area contributed by atoms with Crippen molar-refractivity contribution < 1.29 is 9.59 Å². The number of anilines is 1. The molecule has 0 radical (unpaired) electrons. The average molecular weight is 364 g/mol. The number of fused-ring (bicyclic) bond motifs is 1. The summed E-state index contributed by atoms with van der Waals surface area (Å²) in [5.41, 5.74) is 0.911. The monoisotopic (exact) mass is 363 g/mol. The van der Waals surface area contributed by atoms with Crippen LogP contribution in [0, 0.1) is 0 Å². The number of piperidine rings is 1. The maximum atomic E-state index is 12.4. The molecule has 5 nitrogen and oxygen atoms in total. The van der Waals surface area contributed by atoms with E-state index in [1.54, 1.807) is 18.2 Å². The van der Waals surface area contributed by atoms with Gasteiger partial charge in [0.1, 0.15) is 5.66 Å². The topological polar surface area (TPSA) is 61.4 Å². The fourth-order valence-electron chi connectivity index (χ4n) is 3.64. The Hall–Kier alpha value is -1.75. The van der Waals surface area contributed by atoms with Crippen LogP contribution < -0.4 is 10.6 Å². The van der Waals surface area contributed by atoms with Gasteiger partial charge in [0, 0.05) is 37.4 Å². The molecule has 2 aliphatic heterocycles. The summed E-state index contributed by atoms with van der Waals surface area (Å²) in [7, 11) is 0. The van der Waals surface area contributed by atoms with E-state index in [2.05, 4.69) is 17.6 Å². The minimum atomic E-state index is -0.478. The van der Waals surface area contributed by atoms with Crippen molar-refractivity contribution in [2.24, 2.45) is 0 Å². The van der Waals surface area contributed by atoms with Crippen molar-refractivity contribution in [2.45, 2.75) is 57.5 Å². The standard InChI is InChI=1S/C19H26ClN3O2/c1-2-3-4-5-6-17(24)23-11-9-19(10-12-23)21-16-13-14(20)7-8-15(16)18(25)22-19/h7-8,13,21H,2-6,9-12H2,1H3,(H,22,25). The first-order valence-electron chi connectivity index (χ1n) is 9.21. The number of nitrogens with zero attached hydrogens (tertiary/aromatic N) is 1. The zero-order chi connectivity index (χ0) is 17.9. The summed E-state index contributed by atoms with van der Waals surface area (Å²) in [4.78, 5) is 26.7. The molecule has 1 aromatic rings. The van der Waals surface area contributed by atoms with Crippen LogP contribution in [0.2, 0.25) is 5.02 Å². The lowest BCUT2D eigenvalue weighted by Crippen LogP contribution is -2.62. The normalized spacial score (nSPS) is 18.5. The van der Waals surface area contributed by atoms with Gasteiger partial charge in [0.15, 0.2) is 0 Å². The first kappa shape index (κ1) is 18.1. The third-order valence-electron chi connectivity index (χ3n) is 5.17. The molecule has 0 aliphatic carbocycles. The fraction of sp³-hybridized carbons (Fsp3) is 0.579. The SMILES string of the molecule is CCCCCCC(=O)N1CCC2(CC1)NC(=O)c1ccc(Cl)cc1N2. The highest BCUT2D eigenvalue weighted by Crippen LogP contribution is 2.33. The quantitative estimate of drug-likeness (QED) is 0.782. The molecule has 0 atom stereocenters. The molecule has 1 aromatic carbocycles. The molecule has 1 fully saturated rings. The van der Waals surface area contributed by atoms with E-state index in [0.717, 1.165) is 18.5 Å². The molecule has 2 N–H and O–H groups in total. The highest BCUT2D eigenvalue weighted by molar-refractivity contribution is 6.31. The Morgan fingerprint density at radius 1 is 1.20 bits per heavy atom. The van der Waals surface area contributed by atoms with Crippen LogP contribution in [0.25, 0.3) is 0 Å². The number of halogens is 1. The van der Waals surface area contributed by atoms with Crippen molar-refractivity contribution in [1.82, 2.24) is 10.2 Å². The molecule has 6 heteroatoms. The van der Waals surface area contributed by atoms with Crippen molar-refractivity contribution in [1.29, 1.82) is 0 Å². The molecule has 0 bridgehead atoms. The minimum absolute atomic E-state index is 0.0789. The van der Waals surface area contributed by atoms with E-state index in [1.807, 2.05) is 4.90 Å². The van der Waals surface area contributed by atoms with Crippen LogP contribution in [0.1, 0.15) is 62.2 Å². The number of hydrogen-bond donors (Lipinski definition) is 2. The lowest BCUT2D eigenvalue weighted by molar-refractivity contribution is -0.132. The number of nitrogens with one attached hydrogen (secondary N) is 2. The number of carbonyl (C=O) groups excluding carboxylic acids is 2. The molecule has 2 heterocycles. The number of amides is 2. The number of hydrogen-bond acceptors (Lipinski definition) is 3. The highest BCUT2D eigenvalue weighted by atomic mass is 35.5. The van der Waals surface area contributed by atoms with E-state index in [9.17, 15) is 9.59 Å². The third-order valence-corrected chi connectivity index (χ3v) is 5.40. The molecule has 136 valence electrons. The van der Waals surface area contributed by atoms with E-state index in [0.29, 0.717) is 42.9 Å². The van der Waals surface area contributed by atoms with Crippen molar-refractivity contribution in [3.05, 3.63) is 28.8 Å². The van der Waals surface area contributed by atoms with Crippen LogP contribution in [-0.4, -0.2) is 35.5 Å². The first-order valence-corrected chi connectivity index (χ1v) is 9.59. The van der Waals surface area contributed by atoms with E-state index in [4.69, 9.17) is 11.6 Å². The number of benzene rings is 1. The maximum absolute atomic E-state index is 12.4. The van der Waals surface area contributed by atoms with Gasteiger partial charge >= 0.3 is 0 Å². The van der Waals surface area contributed by atoms with Gasteiger partial charge in [-0.2, -0.15) is 0 Å². The fourth-order valence-corrected chi connectivity index (χ4v) is 3.81. The van der Waals surface area contributed by atoms with Gasteiger partial charge in [-0.05, 0) is 24.6 Å². The van der Waals surface area contributed by atoms with E-state index in [-0.39, 0.29) is 11.8 Å². The largest absolute Gasteiger partial charge is 0.362 e. The Balaban J connectivity index is 1.58.